The Labute approximate surface area is 205 Å². The molecule has 1 aromatic rings. The van der Waals surface area contributed by atoms with Gasteiger partial charge in [0.15, 0.2) is 0 Å². The molecule has 2 unspecified atom stereocenters. The lowest BCUT2D eigenvalue weighted by Crippen LogP contribution is -2.57. The first-order valence-electron chi connectivity index (χ1n) is 11.0. The zero-order chi connectivity index (χ0) is 27.1. The predicted octanol–water partition coefficient (Wildman–Crippen LogP) is 0.590. The maximum absolute atomic E-state index is 13.0. The van der Waals surface area contributed by atoms with Gasteiger partial charge >= 0.3 is 12.1 Å². The summed E-state index contributed by atoms with van der Waals surface area (Å²) in [6.45, 7) is -0.0380. The van der Waals surface area contributed by atoms with Crippen LogP contribution < -0.4 is 15.8 Å². The van der Waals surface area contributed by atoms with Crippen LogP contribution in [0, 0.1) is 0 Å². The highest BCUT2D eigenvalue weighted by atomic mass is 32.2. The van der Waals surface area contributed by atoms with Crippen LogP contribution in [-0.2, 0) is 35.4 Å². The number of carbonyl (C=O) groups excluding carboxylic acids is 3. The van der Waals surface area contributed by atoms with Crippen LogP contribution in [0.25, 0.3) is 0 Å². The van der Waals surface area contributed by atoms with E-state index in [1.54, 1.807) is 0 Å². The Bertz CT molecular complexity index is 1100. The van der Waals surface area contributed by atoms with E-state index in [-0.39, 0.29) is 45.2 Å². The van der Waals surface area contributed by atoms with Crippen molar-refractivity contribution in [1.29, 1.82) is 0 Å². The molecular weight excluding hydrogens is 509 g/mol. The maximum atomic E-state index is 13.0. The van der Waals surface area contributed by atoms with Gasteiger partial charge in [-0.2, -0.15) is 13.2 Å². The number of carboxylic acid groups (broad SMARTS) is 1. The molecule has 2 atom stereocenters. The molecule has 0 bridgehead atoms. The number of hydrogen-bond donors (Lipinski definition) is 4. The highest BCUT2D eigenvalue weighted by Crippen LogP contribution is 2.30. The van der Waals surface area contributed by atoms with Crippen LogP contribution >= 0.6 is 0 Å². The van der Waals surface area contributed by atoms with Crippen molar-refractivity contribution in [1.82, 2.24) is 14.9 Å². The normalized spacial score (nSPS) is 18.5. The lowest BCUT2D eigenvalue weighted by atomic mass is 9.96. The zero-order valence-electron chi connectivity index (χ0n) is 19.1. The molecule has 1 aromatic carbocycles. The van der Waals surface area contributed by atoms with Crippen molar-refractivity contribution in [2.45, 2.75) is 61.7 Å². The van der Waals surface area contributed by atoms with Gasteiger partial charge in [-0.15, -0.1) is 0 Å². The number of rotatable bonds is 11. The number of amides is 3. The lowest BCUT2D eigenvalue weighted by Gasteiger charge is -2.38. The van der Waals surface area contributed by atoms with E-state index in [2.05, 4.69) is 10.0 Å². The molecular formula is C21H27F3N4O7S. The predicted molar refractivity (Wildman–Crippen MR) is 119 cm³/mol. The molecule has 0 radical (unpaired) electrons. The average molecular weight is 537 g/mol. The minimum absolute atomic E-state index is 0.00557. The molecule has 1 fully saturated rings. The molecule has 1 heterocycles. The Morgan fingerprint density at radius 1 is 1.14 bits per heavy atom. The number of sulfonamides is 1. The molecule has 36 heavy (non-hydrogen) atoms. The summed E-state index contributed by atoms with van der Waals surface area (Å²) in [5.74, 6) is -3.05. The number of benzene rings is 1. The van der Waals surface area contributed by atoms with Gasteiger partial charge in [0.1, 0.15) is 6.04 Å². The van der Waals surface area contributed by atoms with Crippen molar-refractivity contribution >= 4 is 33.7 Å². The van der Waals surface area contributed by atoms with Crippen LogP contribution in [0.15, 0.2) is 29.2 Å². The molecule has 0 spiro atoms. The van der Waals surface area contributed by atoms with Gasteiger partial charge in [0.25, 0.3) is 0 Å². The van der Waals surface area contributed by atoms with E-state index in [1.807, 2.05) is 0 Å². The summed E-state index contributed by atoms with van der Waals surface area (Å²) in [4.78, 5) is 47.6. The van der Waals surface area contributed by atoms with E-state index >= 15 is 0 Å². The molecule has 15 heteroatoms. The summed E-state index contributed by atoms with van der Waals surface area (Å²) in [6, 6.07) is 1.14. The molecule has 200 valence electrons. The molecule has 0 saturated carbocycles. The first kappa shape index (κ1) is 29.0. The summed E-state index contributed by atoms with van der Waals surface area (Å²) in [5.41, 5.74) is 3.91. The number of nitrogens with two attached hydrogens (primary N) is 1. The van der Waals surface area contributed by atoms with Crippen LogP contribution in [-0.4, -0.2) is 67.3 Å². The van der Waals surface area contributed by atoms with Gasteiger partial charge in [-0.25, -0.2) is 13.1 Å². The largest absolute Gasteiger partial charge is 0.481 e. The van der Waals surface area contributed by atoms with Crippen molar-refractivity contribution in [3.05, 3.63) is 29.8 Å². The first-order valence-corrected chi connectivity index (χ1v) is 12.5. The fourth-order valence-corrected chi connectivity index (χ4v) is 5.02. The molecule has 1 aliphatic rings. The maximum Gasteiger partial charge on any atom is 0.416 e. The van der Waals surface area contributed by atoms with Crippen LogP contribution in [0.3, 0.4) is 0 Å². The van der Waals surface area contributed by atoms with E-state index in [4.69, 9.17) is 10.8 Å². The minimum Gasteiger partial charge on any atom is -0.481 e. The van der Waals surface area contributed by atoms with E-state index < -0.39 is 68.9 Å². The number of carbonyl (C=O) groups is 4. The quantitative estimate of drug-likeness (QED) is 0.299. The number of primary amides is 1. The van der Waals surface area contributed by atoms with E-state index in [0.29, 0.717) is 6.07 Å². The number of nitrogens with one attached hydrogen (secondary N) is 2. The molecule has 1 aliphatic heterocycles. The Kier molecular flexibility index (Phi) is 9.81. The van der Waals surface area contributed by atoms with Crippen LogP contribution in [0.1, 0.15) is 44.1 Å². The van der Waals surface area contributed by atoms with Crippen LogP contribution in [0.4, 0.5) is 13.2 Å². The molecule has 5 N–H and O–H groups in total. The van der Waals surface area contributed by atoms with Gasteiger partial charge in [-0.3, -0.25) is 19.2 Å². The SMILES string of the molecule is NC(=O)CCCNC(=O)C1CC(NS(=O)(=O)c2cccc(C(F)(F)F)c2)CCN1C(=O)CCC(=O)O. The highest BCUT2D eigenvalue weighted by molar-refractivity contribution is 7.89. The Hall–Kier alpha value is -3.20. The van der Waals surface area contributed by atoms with Crippen LogP contribution in [0.5, 0.6) is 0 Å². The van der Waals surface area contributed by atoms with Crippen molar-refractivity contribution in [3.63, 3.8) is 0 Å². The number of nitrogens with zero attached hydrogens (tertiary/aromatic N) is 1. The number of halogens is 3. The Balaban J connectivity index is 2.17. The molecule has 1 saturated heterocycles. The second kappa shape index (κ2) is 12.2. The van der Waals surface area contributed by atoms with Crippen molar-refractivity contribution < 1.29 is 45.9 Å². The third-order valence-corrected chi connectivity index (χ3v) is 6.99. The van der Waals surface area contributed by atoms with Crippen LogP contribution in [0.2, 0.25) is 0 Å². The standard InChI is InChI=1S/C21H27F3N4O7S/c22-21(23,24)13-3-1-4-15(11-13)36(34,35)27-14-8-10-28(18(30)6-7-19(31)32)16(12-14)20(33)26-9-2-5-17(25)29/h1,3-4,11,14,16,27H,2,5-10,12H2,(H2,25,29)(H,26,33)(H,31,32). The first-order chi connectivity index (χ1) is 16.7. The number of likely N-dealkylation sites (tertiary alicyclic amines) is 1. The molecule has 0 aromatic heterocycles. The second-order valence-electron chi connectivity index (χ2n) is 8.23. The number of hydrogen-bond acceptors (Lipinski definition) is 6. The lowest BCUT2D eigenvalue weighted by molar-refractivity contribution is -0.145. The second-order valence-corrected chi connectivity index (χ2v) is 9.94. The highest BCUT2D eigenvalue weighted by Gasteiger charge is 2.38. The number of alkyl halides is 3. The third kappa shape index (κ3) is 8.48. The average Bonchev–Trinajstić information content (AvgIpc) is 2.79. The van der Waals surface area contributed by atoms with E-state index in [0.717, 1.165) is 23.1 Å². The van der Waals surface area contributed by atoms with Crippen molar-refractivity contribution in [2.24, 2.45) is 5.73 Å². The molecule has 3 amide bonds. The van der Waals surface area contributed by atoms with Gasteiger partial charge < -0.3 is 21.1 Å². The summed E-state index contributed by atoms with van der Waals surface area (Å²) in [5, 5.41) is 11.4. The fraction of sp³-hybridized carbons (Fsp3) is 0.524. The molecule has 11 nitrogen and oxygen atoms in total. The molecule has 2 rings (SSSR count). The minimum atomic E-state index is -4.75. The van der Waals surface area contributed by atoms with Gasteiger partial charge in [0, 0.05) is 32.0 Å². The van der Waals surface area contributed by atoms with E-state index in [9.17, 15) is 40.8 Å². The van der Waals surface area contributed by atoms with Gasteiger partial charge in [-0.05, 0) is 37.5 Å². The van der Waals surface area contributed by atoms with Crippen molar-refractivity contribution in [3.8, 4) is 0 Å². The topological polar surface area (TPSA) is 176 Å². The molecule has 0 aliphatic carbocycles. The summed E-state index contributed by atoms with van der Waals surface area (Å²) in [6.07, 6.45) is -5.50. The Morgan fingerprint density at radius 3 is 2.44 bits per heavy atom. The van der Waals surface area contributed by atoms with Crippen molar-refractivity contribution in [2.75, 3.05) is 13.1 Å². The van der Waals surface area contributed by atoms with E-state index in [1.165, 1.54) is 0 Å². The number of aliphatic carboxylic acids is 1. The zero-order valence-corrected chi connectivity index (χ0v) is 19.9. The summed E-state index contributed by atoms with van der Waals surface area (Å²) < 4.78 is 66.8. The fourth-order valence-electron chi connectivity index (χ4n) is 3.70. The number of piperidine rings is 1. The summed E-state index contributed by atoms with van der Waals surface area (Å²) >= 11 is 0. The van der Waals surface area contributed by atoms with Gasteiger partial charge in [0.05, 0.1) is 16.9 Å². The Morgan fingerprint density at radius 2 is 1.83 bits per heavy atom. The number of carboxylic acids is 1. The van der Waals surface area contributed by atoms with Gasteiger partial charge in [0.2, 0.25) is 27.7 Å². The summed E-state index contributed by atoms with van der Waals surface area (Å²) in [7, 11) is -4.40. The third-order valence-electron chi connectivity index (χ3n) is 5.47. The smallest absolute Gasteiger partial charge is 0.416 e. The monoisotopic (exact) mass is 536 g/mol. The van der Waals surface area contributed by atoms with Gasteiger partial charge in [-0.1, -0.05) is 6.07 Å².